The van der Waals surface area contributed by atoms with Gasteiger partial charge < -0.3 is 15.0 Å². The summed E-state index contributed by atoms with van der Waals surface area (Å²) in [5.74, 6) is 0.889. The van der Waals surface area contributed by atoms with Crippen molar-refractivity contribution in [3.05, 3.63) is 78.4 Å². The van der Waals surface area contributed by atoms with E-state index < -0.39 is 0 Å². The van der Waals surface area contributed by atoms with Crippen LogP contribution in [0.15, 0.2) is 67.3 Å². The molecule has 0 aliphatic carbocycles. The van der Waals surface area contributed by atoms with Crippen LogP contribution in [0.1, 0.15) is 30.0 Å². The molecule has 1 N–H and O–H groups in total. The third-order valence-electron chi connectivity index (χ3n) is 4.69. The van der Waals surface area contributed by atoms with E-state index in [0.29, 0.717) is 12.6 Å². The predicted molar refractivity (Wildman–Crippen MR) is 104 cm³/mol. The van der Waals surface area contributed by atoms with E-state index in [2.05, 4.69) is 59.3 Å². The third-order valence-corrected chi connectivity index (χ3v) is 4.69. The van der Waals surface area contributed by atoms with Crippen LogP contribution in [0.2, 0.25) is 0 Å². The van der Waals surface area contributed by atoms with E-state index in [1.54, 1.807) is 6.08 Å². The van der Waals surface area contributed by atoms with Crippen LogP contribution in [0.5, 0.6) is 5.75 Å². The average Bonchev–Trinajstić information content (AvgIpc) is 3.18. The molecule has 2 aromatic carbocycles. The lowest BCUT2D eigenvalue weighted by molar-refractivity contribution is 0.291. The number of benzene rings is 2. The molecule has 132 valence electrons. The highest BCUT2D eigenvalue weighted by Gasteiger charge is 2.18. The molecular formula is C22H28N2O. The van der Waals surface area contributed by atoms with Gasteiger partial charge in [0.05, 0.1) is 0 Å². The van der Waals surface area contributed by atoms with Crippen molar-refractivity contribution in [3.8, 4) is 5.75 Å². The van der Waals surface area contributed by atoms with Gasteiger partial charge in [-0.15, -0.1) is 0 Å². The van der Waals surface area contributed by atoms with Crippen molar-refractivity contribution >= 4 is 0 Å². The summed E-state index contributed by atoms with van der Waals surface area (Å²) in [5, 5.41) is 3.74. The van der Waals surface area contributed by atoms with Crippen LogP contribution in [-0.4, -0.2) is 31.1 Å². The van der Waals surface area contributed by atoms with E-state index in [1.165, 1.54) is 37.1 Å². The molecule has 1 heterocycles. The topological polar surface area (TPSA) is 24.5 Å². The first-order valence-electron chi connectivity index (χ1n) is 9.18. The molecule has 1 saturated heterocycles. The molecule has 1 aliphatic heterocycles. The quantitative estimate of drug-likeness (QED) is 0.695. The molecule has 0 spiro atoms. The van der Waals surface area contributed by atoms with E-state index in [-0.39, 0.29) is 0 Å². The summed E-state index contributed by atoms with van der Waals surface area (Å²) in [7, 11) is 0. The summed E-state index contributed by atoms with van der Waals surface area (Å²) in [6.07, 6.45) is 4.42. The van der Waals surface area contributed by atoms with Crippen LogP contribution < -0.4 is 10.1 Å². The summed E-state index contributed by atoms with van der Waals surface area (Å²) in [4.78, 5) is 2.57. The second kappa shape index (κ2) is 9.40. The standard InChI is InChI=1S/C22H28N2O/c1-2-16-25-21-12-10-19(11-13-21)17-23-22(18-24-14-6-7-15-24)20-8-4-3-5-9-20/h2-5,8-13,22-23H,1,6-7,14-18H2. The zero-order valence-electron chi connectivity index (χ0n) is 14.9. The van der Waals surface area contributed by atoms with Gasteiger partial charge >= 0.3 is 0 Å². The van der Waals surface area contributed by atoms with E-state index in [4.69, 9.17) is 4.74 Å². The van der Waals surface area contributed by atoms with Gasteiger partial charge in [-0.05, 0) is 49.2 Å². The van der Waals surface area contributed by atoms with Crippen LogP contribution in [0.25, 0.3) is 0 Å². The normalized spacial score (nSPS) is 15.8. The van der Waals surface area contributed by atoms with E-state index in [0.717, 1.165) is 18.8 Å². The SMILES string of the molecule is C=CCOc1ccc(CNC(CN2CCCC2)c2ccccc2)cc1. The Morgan fingerprint density at radius 3 is 2.44 bits per heavy atom. The second-order valence-electron chi connectivity index (χ2n) is 6.60. The lowest BCUT2D eigenvalue weighted by atomic mass is 10.1. The average molecular weight is 336 g/mol. The molecule has 25 heavy (non-hydrogen) atoms. The first-order valence-corrected chi connectivity index (χ1v) is 9.18. The first-order chi connectivity index (χ1) is 12.3. The van der Waals surface area contributed by atoms with Crippen LogP contribution in [0.4, 0.5) is 0 Å². The van der Waals surface area contributed by atoms with Gasteiger partial charge in [-0.1, -0.05) is 55.1 Å². The fourth-order valence-corrected chi connectivity index (χ4v) is 3.30. The number of nitrogens with zero attached hydrogens (tertiary/aromatic N) is 1. The Morgan fingerprint density at radius 2 is 1.76 bits per heavy atom. The third kappa shape index (κ3) is 5.45. The summed E-state index contributed by atoms with van der Waals surface area (Å²) in [5.41, 5.74) is 2.63. The molecular weight excluding hydrogens is 308 g/mol. The summed E-state index contributed by atoms with van der Waals surface area (Å²) in [6, 6.07) is 19.4. The molecule has 0 amide bonds. The smallest absolute Gasteiger partial charge is 0.119 e. The minimum atomic E-state index is 0.357. The number of likely N-dealkylation sites (tertiary alicyclic amines) is 1. The molecule has 1 atom stereocenters. The Balaban J connectivity index is 1.60. The number of hydrogen-bond acceptors (Lipinski definition) is 3. The van der Waals surface area contributed by atoms with Gasteiger partial charge in [0.1, 0.15) is 12.4 Å². The first kappa shape index (κ1) is 17.7. The molecule has 0 radical (unpaired) electrons. The summed E-state index contributed by atoms with van der Waals surface area (Å²) in [6.45, 7) is 8.59. The maximum absolute atomic E-state index is 5.55. The van der Waals surface area contributed by atoms with Gasteiger partial charge in [0.25, 0.3) is 0 Å². The minimum absolute atomic E-state index is 0.357. The van der Waals surface area contributed by atoms with Gasteiger partial charge in [-0.2, -0.15) is 0 Å². The Bertz CT molecular complexity index is 633. The maximum atomic E-state index is 5.55. The van der Waals surface area contributed by atoms with Crippen LogP contribution in [-0.2, 0) is 6.54 Å². The lowest BCUT2D eigenvalue weighted by Gasteiger charge is -2.25. The Kier molecular flexibility index (Phi) is 6.66. The van der Waals surface area contributed by atoms with Crippen molar-refractivity contribution in [3.63, 3.8) is 0 Å². The number of nitrogens with one attached hydrogen (secondary N) is 1. The van der Waals surface area contributed by atoms with Gasteiger partial charge in [0.2, 0.25) is 0 Å². The molecule has 1 aliphatic rings. The molecule has 3 rings (SSSR count). The zero-order chi connectivity index (χ0) is 17.3. The monoisotopic (exact) mass is 336 g/mol. The Labute approximate surface area is 151 Å². The highest BCUT2D eigenvalue weighted by molar-refractivity contribution is 5.28. The van der Waals surface area contributed by atoms with Crippen LogP contribution in [0, 0.1) is 0 Å². The van der Waals surface area contributed by atoms with Gasteiger partial charge in [-0.3, -0.25) is 0 Å². The molecule has 1 unspecified atom stereocenters. The van der Waals surface area contributed by atoms with Crippen molar-refractivity contribution in [1.82, 2.24) is 10.2 Å². The molecule has 3 heteroatoms. The number of rotatable bonds is 9. The Morgan fingerprint density at radius 1 is 1.04 bits per heavy atom. The van der Waals surface area contributed by atoms with Gasteiger partial charge in [-0.25, -0.2) is 0 Å². The largest absolute Gasteiger partial charge is 0.490 e. The van der Waals surface area contributed by atoms with Crippen LogP contribution in [0.3, 0.4) is 0 Å². The fourth-order valence-electron chi connectivity index (χ4n) is 3.30. The van der Waals surface area contributed by atoms with E-state index in [9.17, 15) is 0 Å². The van der Waals surface area contributed by atoms with Crippen molar-refractivity contribution in [2.75, 3.05) is 26.2 Å². The minimum Gasteiger partial charge on any atom is -0.490 e. The van der Waals surface area contributed by atoms with Gasteiger partial charge in [0.15, 0.2) is 0 Å². The zero-order valence-corrected chi connectivity index (χ0v) is 14.9. The molecule has 1 fully saturated rings. The van der Waals surface area contributed by atoms with E-state index in [1.807, 2.05) is 12.1 Å². The van der Waals surface area contributed by atoms with E-state index >= 15 is 0 Å². The second-order valence-corrected chi connectivity index (χ2v) is 6.60. The fraction of sp³-hybridized carbons (Fsp3) is 0.364. The Hall–Kier alpha value is -2.10. The summed E-state index contributed by atoms with van der Waals surface area (Å²) < 4.78 is 5.55. The lowest BCUT2D eigenvalue weighted by Crippen LogP contribution is -2.33. The molecule has 0 bridgehead atoms. The van der Waals surface area contributed by atoms with Crippen molar-refractivity contribution in [2.45, 2.75) is 25.4 Å². The maximum Gasteiger partial charge on any atom is 0.119 e. The molecule has 3 nitrogen and oxygen atoms in total. The van der Waals surface area contributed by atoms with Gasteiger partial charge in [0, 0.05) is 19.1 Å². The number of ether oxygens (including phenoxy) is 1. The predicted octanol–water partition coefficient (Wildman–Crippen LogP) is 4.18. The highest BCUT2D eigenvalue weighted by atomic mass is 16.5. The number of hydrogen-bond donors (Lipinski definition) is 1. The molecule has 0 saturated carbocycles. The molecule has 0 aromatic heterocycles. The highest BCUT2D eigenvalue weighted by Crippen LogP contribution is 2.19. The van der Waals surface area contributed by atoms with Crippen molar-refractivity contribution in [1.29, 1.82) is 0 Å². The van der Waals surface area contributed by atoms with Crippen molar-refractivity contribution < 1.29 is 4.74 Å². The van der Waals surface area contributed by atoms with Crippen molar-refractivity contribution in [2.24, 2.45) is 0 Å². The molecule has 2 aromatic rings. The van der Waals surface area contributed by atoms with Crippen LogP contribution >= 0.6 is 0 Å². The summed E-state index contributed by atoms with van der Waals surface area (Å²) >= 11 is 0.